The Morgan fingerprint density at radius 3 is 2.08 bits per heavy atom. The van der Waals surface area contributed by atoms with Gasteiger partial charge >= 0.3 is 5.63 Å². The van der Waals surface area contributed by atoms with Crippen molar-refractivity contribution in [2.45, 2.75) is 103 Å². The van der Waals surface area contributed by atoms with Gasteiger partial charge in [0, 0.05) is 18.9 Å². The Kier molecular flexibility index (Phi) is 12.6. The minimum Gasteiger partial charge on any atom is -0.507 e. The van der Waals surface area contributed by atoms with Gasteiger partial charge in [-0.05, 0) is 25.7 Å². The topological polar surface area (TPSA) is 67.5 Å². The summed E-state index contributed by atoms with van der Waals surface area (Å²) in [6.45, 7) is 2.19. The fourth-order valence-corrected chi connectivity index (χ4v) is 3.22. The van der Waals surface area contributed by atoms with Crippen LogP contribution in [0, 0.1) is 0 Å². The van der Waals surface area contributed by atoms with Crippen LogP contribution in [-0.2, 0) is 17.6 Å². The van der Waals surface area contributed by atoms with Crippen LogP contribution in [0.4, 0.5) is 0 Å². The maximum absolute atomic E-state index is 12.1. The van der Waals surface area contributed by atoms with Gasteiger partial charge in [0.05, 0.1) is 5.56 Å². The zero-order valence-corrected chi connectivity index (χ0v) is 16.4. The molecule has 0 unspecified atom stereocenters. The van der Waals surface area contributed by atoms with Gasteiger partial charge in [-0.15, -0.1) is 0 Å². The fraction of sp³-hybridized carbons (Fsp3) is 0.727. The number of hydrogen-bond acceptors (Lipinski definition) is 4. The van der Waals surface area contributed by atoms with E-state index < -0.39 is 0 Å². The Balaban J connectivity index is 2.26. The van der Waals surface area contributed by atoms with Crippen molar-refractivity contribution in [3.8, 4) is 5.75 Å². The summed E-state index contributed by atoms with van der Waals surface area (Å²) in [4.78, 5) is 22.3. The molecule has 148 valence electrons. The molecule has 0 radical (unpaired) electrons. The van der Waals surface area contributed by atoms with E-state index in [1.807, 2.05) is 0 Å². The zero-order valence-electron chi connectivity index (χ0n) is 16.4. The molecule has 1 aromatic heterocycles. The number of carbonyl (C=O) groups excluding carboxylic acids is 1. The Morgan fingerprint density at radius 1 is 0.885 bits per heavy atom. The Morgan fingerprint density at radius 2 is 1.46 bits per heavy atom. The van der Waals surface area contributed by atoms with E-state index in [1.54, 1.807) is 6.07 Å². The molecule has 4 nitrogen and oxygen atoms in total. The molecule has 0 fully saturated rings. The summed E-state index contributed by atoms with van der Waals surface area (Å²) in [7, 11) is 0. The maximum atomic E-state index is 12.1. The van der Waals surface area contributed by atoms with Crippen molar-refractivity contribution in [3.63, 3.8) is 0 Å². The van der Waals surface area contributed by atoms with Gasteiger partial charge in [0.1, 0.15) is 17.8 Å². The first-order valence-corrected chi connectivity index (χ1v) is 10.5. The van der Waals surface area contributed by atoms with Crippen molar-refractivity contribution in [3.05, 3.63) is 27.8 Å². The molecule has 4 heteroatoms. The maximum Gasteiger partial charge on any atom is 0.342 e. The number of hydrogen-bond donors (Lipinski definition) is 1. The molecule has 0 aromatic carbocycles. The third-order valence-electron chi connectivity index (χ3n) is 4.85. The third-order valence-corrected chi connectivity index (χ3v) is 4.85. The fourth-order valence-electron chi connectivity index (χ4n) is 3.22. The Labute approximate surface area is 158 Å². The lowest BCUT2D eigenvalue weighted by molar-refractivity contribution is -0.107. The van der Waals surface area contributed by atoms with Crippen LogP contribution < -0.4 is 5.63 Å². The van der Waals surface area contributed by atoms with Gasteiger partial charge in [-0.1, -0.05) is 64.7 Å². The largest absolute Gasteiger partial charge is 0.507 e. The average molecular weight is 365 g/mol. The van der Waals surface area contributed by atoms with Crippen LogP contribution >= 0.6 is 0 Å². The van der Waals surface area contributed by atoms with E-state index in [-0.39, 0.29) is 11.4 Å². The number of carbonyl (C=O) groups is 1. The molecule has 1 heterocycles. The summed E-state index contributed by atoms with van der Waals surface area (Å²) in [5.74, 6) is 0.696. The lowest BCUT2D eigenvalue weighted by Gasteiger charge is -2.06. The predicted molar refractivity (Wildman–Crippen MR) is 106 cm³/mol. The predicted octanol–water partition coefficient (Wildman–Crippen LogP) is 5.72. The number of aromatic hydroxyl groups is 1. The molecule has 0 amide bonds. The van der Waals surface area contributed by atoms with E-state index in [4.69, 9.17) is 4.42 Å². The van der Waals surface area contributed by atoms with Crippen LogP contribution in [0.25, 0.3) is 0 Å². The molecule has 26 heavy (non-hydrogen) atoms. The normalized spacial score (nSPS) is 11.0. The van der Waals surface area contributed by atoms with Crippen molar-refractivity contribution in [2.24, 2.45) is 0 Å². The third kappa shape index (κ3) is 9.79. The SMILES string of the molecule is CCCCCCCc1cc(O)c(CCCCCCCCCC=O)c(=O)o1. The Bertz CT molecular complexity index is 548. The standard InChI is InChI=1S/C22H36O4/c1-2-3-4-9-12-15-19-18-21(24)20(22(25)26-19)16-13-10-7-5-6-8-11-14-17-23/h17-18,24H,2-16H2,1H3. The first kappa shape index (κ1) is 22.5. The second-order valence-corrected chi connectivity index (χ2v) is 7.21. The molecule has 0 aliphatic carbocycles. The summed E-state index contributed by atoms with van der Waals surface area (Å²) in [6.07, 6.45) is 16.2. The van der Waals surface area contributed by atoms with Gasteiger partial charge < -0.3 is 14.3 Å². The summed E-state index contributed by atoms with van der Waals surface area (Å²) < 4.78 is 5.38. The van der Waals surface area contributed by atoms with Crippen LogP contribution in [0.5, 0.6) is 5.75 Å². The van der Waals surface area contributed by atoms with Crippen molar-refractivity contribution in [1.29, 1.82) is 0 Å². The first-order valence-electron chi connectivity index (χ1n) is 10.5. The van der Waals surface area contributed by atoms with Crippen LogP contribution in [0.2, 0.25) is 0 Å². The highest BCUT2D eigenvalue weighted by Gasteiger charge is 2.11. The van der Waals surface area contributed by atoms with E-state index in [9.17, 15) is 14.7 Å². The molecule has 0 spiro atoms. The van der Waals surface area contributed by atoms with Gasteiger partial charge in [0.25, 0.3) is 0 Å². The summed E-state index contributed by atoms with van der Waals surface area (Å²) in [6, 6.07) is 1.63. The molecule has 0 aliphatic heterocycles. The molecular weight excluding hydrogens is 328 g/mol. The molecule has 0 saturated carbocycles. The number of aldehydes is 1. The van der Waals surface area contributed by atoms with E-state index in [1.165, 1.54) is 19.3 Å². The summed E-state index contributed by atoms with van der Waals surface area (Å²) >= 11 is 0. The average Bonchev–Trinajstić information content (AvgIpc) is 2.62. The lowest BCUT2D eigenvalue weighted by Crippen LogP contribution is -2.09. The molecule has 0 atom stereocenters. The second kappa shape index (κ2) is 14.6. The van der Waals surface area contributed by atoms with E-state index >= 15 is 0 Å². The van der Waals surface area contributed by atoms with Gasteiger partial charge in [-0.3, -0.25) is 0 Å². The van der Waals surface area contributed by atoms with Crippen LogP contribution in [0.15, 0.2) is 15.3 Å². The highest BCUT2D eigenvalue weighted by atomic mass is 16.4. The van der Waals surface area contributed by atoms with Crippen LogP contribution in [0.1, 0.15) is 102 Å². The minimum absolute atomic E-state index is 0.0960. The molecule has 1 aromatic rings. The van der Waals surface area contributed by atoms with Crippen LogP contribution in [0.3, 0.4) is 0 Å². The van der Waals surface area contributed by atoms with Crippen LogP contribution in [-0.4, -0.2) is 11.4 Å². The highest BCUT2D eigenvalue weighted by molar-refractivity contribution is 5.48. The highest BCUT2D eigenvalue weighted by Crippen LogP contribution is 2.19. The molecular formula is C22H36O4. The molecule has 1 rings (SSSR count). The van der Waals surface area contributed by atoms with Crippen molar-refractivity contribution in [1.82, 2.24) is 0 Å². The number of unbranched alkanes of at least 4 members (excludes halogenated alkanes) is 11. The second-order valence-electron chi connectivity index (χ2n) is 7.21. The first-order chi connectivity index (χ1) is 12.7. The molecule has 0 saturated heterocycles. The van der Waals surface area contributed by atoms with Gasteiger partial charge in [-0.2, -0.15) is 0 Å². The quantitative estimate of drug-likeness (QED) is 0.301. The van der Waals surface area contributed by atoms with E-state index in [0.29, 0.717) is 24.2 Å². The monoisotopic (exact) mass is 364 g/mol. The minimum atomic E-state index is -0.373. The Hall–Kier alpha value is -1.58. The van der Waals surface area contributed by atoms with Crippen molar-refractivity contribution >= 4 is 6.29 Å². The molecule has 0 bridgehead atoms. The molecule has 0 aliphatic rings. The summed E-state index contributed by atoms with van der Waals surface area (Å²) in [5.41, 5.74) is 0.0492. The van der Waals surface area contributed by atoms with Gasteiger partial charge in [-0.25, -0.2) is 4.79 Å². The molecule has 1 N–H and O–H groups in total. The van der Waals surface area contributed by atoms with Gasteiger partial charge in [0.15, 0.2) is 0 Å². The zero-order chi connectivity index (χ0) is 19.0. The van der Waals surface area contributed by atoms with E-state index in [2.05, 4.69) is 6.92 Å². The van der Waals surface area contributed by atoms with Crippen molar-refractivity contribution < 1.29 is 14.3 Å². The number of aryl methyl sites for hydroxylation is 1. The van der Waals surface area contributed by atoms with E-state index in [0.717, 1.165) is 70.5 Å². The summed E-state index contributed by atoms with van der Waals surface area (Å²) in [5, 5.41) is 10.1. The smallest absolute Gasteiger partial charge is 0.342 e. The lowest BCUT2D eigenvalue weighted by atomic mass is 10.0. The number of rotatable bonds is 16. The van der Waals surface area contributed by atoms with Gasteiger partial charge in [0.2, 0.25) is 0 Å². The van der Waals surface area contributed by atoms with Crippen molar-refractivity contribution in [2.75, 3.05) is 0 Å².